The third kappa shape index (κ3) is 1.94. The molecule has 2 aromatic heterocycles. The first kappa shape index (κ1) is 13.6. The van der Waals surface area contributed by atoms with Crippen molar-refractivity contribution in [2.24, 2.45) is 17.3 Å². The van der Waals surface area contributed by atoms with Crippen molar-refractivity contribution >= 4 is 28.7 Å². The summed E-state index contributed by atoms with van der Waals surface area (Å²) in [5.74, 6) is 1.00. The number of nitrogens with two attached hydrogens (primary N) is 1. The number of nitrogens with zero attached hydrogens (tertiary/aromatic N) is 4. The summed E-state index contributed by atoms with van der Waals surface area (Å²) in [6.07, 6.45) is 2.74. The third-order valence-electron chi connectivity index (χ3n) is 4.75. The normalized spacial score (nSPS) is 24.8. The van der Waals surface area contributed by atoms with Crippen LogP contribution in [0, 0.1) is 17.3 Å². The molecule has 7 heteroatoms. The van der Waals surface area contributed by atoms with Crippen LogP contribution in [0.25, 0.3) is 11.2 Å². The highest BCUT2D eigenvalue weighted by Crippen LogP contribution is 2.51. The number of nitrogen functional groups attached to an aromatic ring is 1. The lowest BCUT2D eigenvalue weighted by Crippen LogP contribution is -2.48. The number of aliphatic hydroxyl groups is 1. The predicted molar refractivity (Wildman–Crippen MR) is 77.2 cm³/mol. The van der Waals surface area contributed by atoms with Gasteiger partial charge in [0.1, 0.15) is 5.52 Å². The van der Waals surface area contributed by atoms with Crippen molar-refractivity contribution in [2.45, 2.75) is 26.8 Å². The van der Waals surface area contributed by atoms with E-state index < -0.39 is 0 Å². The molecule has 108 valence electrons. The lowest BCUT2D eigenvalue weighted by molar-refractivity contribution is -0.0591. The van der Waals surface area contributed by atoms with Crippen molar-refractivity contribution in [2.75, 3.05) is 12.3 Å². The molecule has 0 radical (unpaired) electrons. The second kappa shape index (κ2) is 4.56. The van der Waals surface area contributed by atoms with Crippen molar-refractivity contribution in [3.63, 3.8) is 0 Å². The van der Waals surface area contributed by atoms with Crippen molar-refractivity contribution in [1.82, 2.24) is 19.5 Å². The Kier molecular flexibility index (Phi) is 3.10. The number of halogens is 1. The van der Waals surface area contributed by atoms with Crippen LogP contribution in [0.1, 0.15) is 20.3 Å². The van der Waals surface area contributed by atoms with Crippen LogP contribution < -0.4 is 5.73 Å². The smallest absolute Gasteiger partial charge is 0.223 e. The molecule has 3 N–H and O–H groups in total. The minimum atomic E-state index is 0.119. The topological polar surface area (TPSA) is 89.8 Å². The summed E-state index contributed by atoms with van der Waals surface area (Å²) >= 11 is 6.02. The average molecular weight is 296 g/mol. The van der Waals surface area contributed by atoms with Crippen LogP contribution in [-0.2, 0) is 6.54 Å². The molecule has 0 aliphatic heterocycles. The van der Waals surface area contributed by atoms with Gasteiger partial charge in [-0.15, -0.1) is 0 Å². The number of rotatable bonds is 3. The molecule has 2 atom stereocenters. The number of fused-ring (bicyclic) bond motifs is 1. The van der Waals surface area contributed by atoms with Crippen molar-refractivity contribution in [3.05, 3.63) is 11.5 Å². The zero-order valence-corrected chi connectivity index (χ0v) is 12.3. The number of aliphatic hydroxyl groups excluding tert-OH is 1. The molecule has 0 amide bonds. The molecule has 0 saturated heterocycles. The van der Waals surface area contributed by atoms with E-state index in [1.807, 2.05) is 4.57 Å². The Morgan fingerprint density at radius 2 is 2.20 bits per heavy atom. The van der Waals surface area contributed by atoms with E-state index in [4.69, 9.17) is 17.3 Å². The van der Waals surface area contributed by atoms with E-state index >= 15 is 0 Å². The number of anilines is 1. The van der Waals surface area contributed by atoms with Gasteiger partial charge in [0.15, 0.2) is 10.8 Å². The SMILES string of the molecule is CC1(C)C(CO)CC1Cn1cnc2c(Cl)nc(N)nc21. The van der Waals surface area contributed by atoms with Gasteiger partial charge in [-0.05, 0) is 23.7 Å². The maximum atomic E-state index is 9.34. The van der Waals surface area contributed by atoms with E-state index in [2.05, 4.69) is 28.8 Å². The van der Waals surface area contributed by atoms with Crippen LogP contribution in [-0.4, -0.2) is 31.2 Å². The quantitative estimate of drug-likeness (QED) is 0.842. The van der Waals surface area contributed by atoms with Gasteiger partial charge < -0.3 is 15.4 Å². The van der Waals surface area contributed by atoms with Gasteiger partial charge in [0.05, 0.1) is 6.33 Å². The monoisotopic (exact) mass is 295 g/mol. The van der Waals surface area contributed by atoms with Gasteiger partial charge in [-0.3, -0.25) is 0 Å². The Hall–Kier alpha value is -1.40. The largest absolute Gasteiger partial charge is 0.396 e. The summed E-state index contributed by atoms with van der Waals surface area (Å²) in [4.78, 5) is 12.4. The Morgan fingerprint density at radius 3 is 2.85 bits per heavy atom. The second-order valence-electron chi connectivity index (χ2n) is 6.08. The zero-order valence-electron chi connectivity index (χ0n) is 11.5. The number of hydrogen-bond donors (Lipinski definition) is 2. The van der Waals surface area contributed by atoms with E-state index in [0.717, 1.165) is 13.0 Å². The van der Waals surface area contributed by atoms with Crippen molar-refractivity contribution in [3.8, 4) is 0 Å². The molecule has 1 aliphatic rings. The van der Waals surface area contributed by atoms with Crippen molar-refractivity contribution < 1.29 is 5.11 Å². The summed E-state index contributed by atoms with van der Waals surface area (Å²) < 4.78 is 1.97. The summed E-state index contributed by atoms with van der Waals surface area (Å²) in [5, 5.41) is 9.62. The molecule has 3 rings (SSSR count). The molecule has 2 aromatic rings. The number of aromatic nitrogens is 4. The molecular weight excluding hydrogens is 278 g/mol. The van der Waals surface area contributed by atoms with Crippen LogP contribution in [0.3, 0.4) is 0 Å². The van der Waals surface area contributed by atoms with Gasteiger partial charge in [-0.2, -0.15) is 9.97 Å². The van der Waals surface area contributed by atoms with E-state index in [0.29, 0.717) is 23.0 Å². The van der Waals surface area contributed by atoms with Gasteiger partial charge in [0, 0.05) is 13.2 Å². The lowest BCUT2D eigenvalue weighted by Gasteiger charge is -2.51. The minimum Gasteiger partial charge on any atom is -0.396 e. The van der Waals surface area contributed by atoms with Gasteiger partial charge in [0.25, 0.3) is 0 Å². The highest BCUT2D eigenvalue weighted by atomic mass is 35.5. The van der Waals surface area contributed by atoms with Gasteiger partial charge >= 0.3 is 0 Å². The van der Waals surface area contributed by atoms with Crippen LogP contribution in [0.5, 0.6) is 0 Å². The third-order valence-corrected chi connectivity index (χ3v) is 5.01. The minimum absolute atomic E-state index is 0.119. The van der Waals surface area contributed by atoms with E-state index in [1.165, 1.54) is 0 Å². The summed E-state index contributed by atoms with van der Waals surface area (Å²) in [6.45, 7) is 5.43. The van der Waals surface area contributed by atoms with Crippen molar-refractivity contribution in [1.29, 1.82) is 0 Å². The van der Waals surface area contributed by atoms with Gasteiger partial charge in [0.2, 0.25) is 5.95 Å². The Bertz CT molecular complexity index is 653. The van der Waals surface area contributed by atoms with E-state index in [9.17, 15) is 5.11 Å². The van der Waals surface area contributed by atoms with Crippen LogP contribution in [0.15, 0.2) is 6.33 Å². The summed E-state index contributed by atoms with van der Waals surface area (Å²) in [6, 6.07) is 0. The molecule has 6 nitrogen and oxygen atoms in total. The molecule has 20 heavy (non-hydrogen) atoms. The average Bonchev–Trinajstić information content (AvgIpc) is 2.77. The molecule has 1 aliphatic carbocycles. The number of hydrogen-bond acceptors (Lipinski definition) is 5. The fourth-order valence-corrected chi connectivity index (χ4v) is 3.26. The van der Waals surface area contributed by atoms with Crippen LogP contribution >= 0.6 is 11.6 Å². The Balaban J connectivity index is 1.89. The first-order chi connectivity index (χ1) is 9.43. The Labute approximate surface area is 122 Å². The van der Waals surface area contributed by atoms with Gasteiger partial charge in [-0.1, -0.05) is 25.4 Å². The highest BCUT2D eigenvalue weighted by Gasteiger charge is 2.47. The predicted octanol–water partition coefficient (Wildman–Crippen LogP) is 1.72. The first-order valence-corrected chi connectivity index (χ1v) is 7.06. The number of imidazole rings is 1. The van der Waals surface area contributed by atoms with E-state index in [-0.39, 0.29) is 23.1 Å². The maximum absolute atomic E-state index is 9.34. The van der Waals surface area contributed by atoms with Gasteiger partial charge in [-0.25, -0.2) is 4.98 Å². The maximum Gasteiger partial charge on any atom is 0.223 e. The fourth-order valence-electron chi connectivity index (χ4n) is 3.04. The van der Waals surface area contributed by atoms with Crippen LogP contribution in [0.4, 0.5) is 5.95 Å². The summed E-state index contributed by atoms with van der Waals surface area (Å²) in [7, 11) is 0. The molecule has 1 saturated carbocycles. The summed E-state index contributed by atoms with van der Waals surface area (Å²) in [5.41, 5.74) is 7.02. The van der Waals surface area contributed by atoms with E-state index in [1.54, 1.807) is 6.33 Å². The fraction of sp³-hybridized carbons (Fsp3) is 0.615. The van der Waals surface area contributed by atoms with Crippen LogP contribution in [0.2, 0.25) is 5.15 Å². The molecule has 2 heterocycles. The first-order valence-electron chi connectivity index (χ1n) is 6.68. The molecule has 2 unspecified atom stereocenters. The molecule has 0 bridgehead atoms. The molecule has 0 aromatic carbocycles. The highest BCUT2D eigenvalue weighted by molar-refractivity contribution is 6.33. The molecule has 1 fully saturated rings. The zero-order chi connectivity index (χ0) is 14.5. The second-order valence-corrected chi connectivity index (χ2v) is 6.43. The standard InChI is InChI=1S/C13H18ClN5O/c1-13(2)7(3-8(13)5-20)4-19-6-16-9-10(14)17-12(15)18-11(9)19/h6-8,20H,3-5H2,1-2H3,(H2,15,17,18). The Morgan fingerprint density at radius 1 is 1.45 bits per heavy atom. The lowest BCUT2D eigenvalue weighted by atomic mass is 9.55. The molecule has 0 spiro atoms. The molecular formula is C13H18ClN5O.